The molecule has 118 valence electrons. The number of hydrogen-bond acceptors (Lipinski definition) is 1. The molecule has 1 aliphatic heterocycles. The molecule has 23 heavy (non-hydrogen) atoms. The third-order valence-corrected chi connectivity index (χ3v) is 5.42. The maximum atomic E-state index is 11.5. The number of amides is 1. The van der Waals surface area contributed by atoms with Gasteiger partial charge >= 0.3 is 0 Å². The normalized spacial score (nSPS) is 24.4. The smallest absolute Gasteiger partial charge is 0.210 e. The Labute approximate surface area is 138 Å². The van der Waals surface area contributed by atoms with Gasteiger partial charge < -0.3 is 4.90 Å². The van der Waals surface area contributed by atoms with E-state index in [0.717, 1.165) is 31.7 Å². The Morgan fingerprint density at radius 2 is 1.48 bits per heavy atom. The Kier molecular flexibility index (Phi) is 3.90. The zero-order valence-corrected chi connectivity index (χ0v) is 13.4. The molecular formula is C21H23NO. The fraction of sp³-hybridized carbons (Fsp3) is 0.381. The summed E-state index contributed by atoms with van der Waals surface area (Å²) in [6, 6.07) is 19.7. The van der Waals surface area contributed by atoms with Gasteiger partial charge in [-0.2, -0.15) is 0 Å². The van der Waals surface area contributed by atoms with Gasteiger partial charge in [-0.25, -0.2) is 0 Å². The highest BCUT2D eigenvalue weighted by Crippen LogP contribution is 2.46. The lowest BCUT2D eigenvalue weighted by molar-refractivity contribution is -0.121. The summed E-state index contributed by atoms with van der Waals surface area (Å²) in [4.78, 5) is 13.5. The Morgan fingerprint density at radius 3 is 2.13 bits per heavy atom. The van der Waals surface area contributed by atoms with Crippen LogP contribution in [0.1, 0.15) is 60.3 Å². The molecule has 2 nitrogen and oxygen atoms in total. The largest absolute Gasteiger partial charge is 0.338 e. The van der Waals surface area contributed by atoms with Crippen LogP contribution in [-0.4, -0.2) is 17.9 Å². The summed E-state index contributed by atoms with van der Waals surface area (Å²) in [5.41, 5.74) is 4.35. The van der Waals surface area contributed by atoms with Gasteiger partial charge in [-0.1, -0.05) is 54.6 Å². The number of nitrogens with zero attached hydrogens (tertiary/aromatic N) is 1. The summed E-state index contributed by atoms with van der Waals surface area (Å²) >= 11 is 0. The van der Waals surface area contributed by atoms with E-state index in [1.165, 1.54) is 24.0 Å². The molecule has 4 rings (SSSR count). The summed E-state index contributed by atoms with van der Waals surface area (Å²) in [6.45, 7) is 0.854. The van der Waals surface area contributed by atoms with Crippen LogP contribution in [0.3, 0.4) is 0 Å². The quantitative estimate of drug-likeness (QED) is 0.753. The first-order valence-corrected chi connectivity index (χ1v) is 8.71. The van der Waals surface area contributed by atoms with Crippen molar-refractivity contribution in [1.29, 1.82) is 0 Å². The summed E-state index contributed by atoms with van der Waals surface area (Å²) in [6.07, 6.45) is 5.82. The van der Waals surface area contributed by atoms with Gasteiger partial charge in [0.2, 0.25) is 6.41 Å². The van der Waals surface area contributed by atoms with E-state index in [-0.39, 0.29) is 6.04 Å². The fourth-order valence-electron chi connectivity index (χ4n) is 4.04. The van der Waals surface area contributed by atoms with E-state index < -0.39 is 0 Å². The highest BCUT2D eigenvalue weighted by molar-refractivity contribution is 5.50. The molecule has 0 aromatic heterocycles. The SMILES string of the molecule is O=CN1CCC(c2ccccc2C2CC2)CC1c1ccccc1. The predicted molar refractivity (Wildman–Crippen MR) is 92.3 cm³/mol. The van der Waals surface area contributed by atoms with E-state index >= 15 is 0 Å². The average Bonchev–Trinajstić information content (AvgIpc) is 3.47. The van der Waals surface area contributed by atoms with E-state index in [9.17, 15) is 4.79 Å². The molecule has 0 spiro atoms. The number of carbonyl (C=O) groups is 1. The molecule has 2 atom stereocenters. The predicted octanol–water partition coefficient (Wildman–Crippen LogP) is 4.64. The molecule has 1 aliphatic carbocycles. The average molecular weight is 305 g/mol. The van der Waals surface area contributed by atoms with Gasteiger partial charge in [0, 0.05) is 6.54 Å². The van der Waals surface area contributed by atoms with E-state index in [1.54, 1.807) is 5.56 Å². The minimum absolute atomic E-state index is 0.208. The maximum absolute atomic E-state index is 11.5. The van der Waals surface area contributed by atoms with Crippen molar-refractivity contribution in [2.75, 3.05) is 6.54 Å². The highest BCUT2D eigenvalue weighted by Gasteiger charge is 2.33. The maximum Gasteiger partial charge on any atom is 0.210 e. The second kappa shape index (κ2) is 6.19. The molecule has 1 heterocycles. The first-order valence-electron chi connectivity index (χ1n) is 8.71. The molecule has 2 aromatic carbocycles. The van der Waals surface area contributed by atoms with Gasteiger partial charge in [0.25, 0.3) is 0 Å². The van der Waals surface area contributed by atoms with Crippen LogP contribution in [0, 0.1) is 0 Å². The van der Waals surface area contributed by atoms with Crippen molar-refractivity contribution in [3.05, 3.63) is 71.3 Å². The summed E-state index contributed by atoms with van der Waals surface area (Å²) in [5, 5.41) is 0. The van der Waals surface area contributed by atoms with Crippen LogP contribution < -0.4 is 0 Å². The molecule has 0 N–H and O–H groups in total. The van der Waals surface area contributed by atoms with Crippen molar-refractivity contribution in [1.82, 2.24) is 4.90 Å². The summed E-state index contributed by atoms with van der Waals surface area (Å²) in [7, 11) is 0. The van der Waals surface area contributed by atoms with E-state index in [4.69, 9.17) is 0 Å². The van der Waals surface area contributed by atoms with E-state index in [2.05, 4.69) is 48.5 Å². The molecule has 1 saturated carbocycles. The van der Waals surface area contributed by atoms with Gasteiger partial charge in [-0.3, -0.25) is 4.79 Å². The van der Waals surface area contributed by atoms with Crippen LogP contribution in [0.25, 0.3) is 0 Å². The first kappa shape index (κ1) is 14.5. The van der Waals surface area contributed by atoms with Gasteiger partial charge in [-0.05, 0) is 54.2 Å². The van der Waals surface area contributed by atoms with Crippen molar-refractivity contribution in [2.24, 2.45) is 0 Å². The Bertz CT molecular complexity index is 677. The third kappa shape index (κ3) is 2.90. The number of hydrogen-bond donors (Lipinski definition) is 0. The number of carbonyl (C=O) groups excluding carboxylic acids is 1. The van der Waals surface area contributed by atoms with Crippen molar-refractivity contribution in [3.63, 3.8) is 0 Å². The molecule has 2 unspecified atom stereocenters. The second-order valence-corrected chi connectivity index (χ2v) is 6.89. The highest BCUT2D eigenvalue weighted by atomic mass is 16.1. The van der Waals surface area contributed by atoms with Crippen molar-refractivity contribution < 1.29 is 4.79 Å². The Morgan fingerprint density at radius 1 is 0.826 bits per heavy atom. The van der Waals surface area contributed by atoms with Crippen molar-refractivity contribution in [3.8, 4) is 0 Å². The summed E-state index contributed by atoms with van der Waals surface area (Å²) in [5.74, 6) is 1.35. The lowest BCUT2D eigenvalue weighted by Crippen LogP contribution is -2.35. The zero-order valence-electron chi connectivity index (χ0n) is 13.4. The number of likely N-dealkylation sites (tertiary alicyclic amines) is 1. The van der Waals surface area contributed by atoms with Crippen LogP contribution in [0.2, 0.25) is 0 Å². The minimum Gasteiger partial charge on any atom is -0.338 e. The molecule has 0 bridgehead atoms. The van der Waals surface area contributed by atoms with Crippen LogP contribution in [0.4, 0.5) is 0 Å². The van der Waals surface area contributed by atoms with Crippen LogP contribution >= 0.6 is 0 Å². The van der Waals surface area contributed by atoms with E-state index in [1.807, 2.05) is 11.0 Å². The fourth-order valence-corrected chi connectivity index (χ4v) is 4.04. The molecule has 2 aliphatic rings. The molecule has 2 heteroatoms. The topological polar surface area (TPSA) is 20.3 Å². The zero-order chi connectivity index (χ0) is 15.6. The number of piperidine rings is 1. The Balaban J connectivity index is 1.63. The lowest BCUT2D eigenvalue weighted by atomic mass is 9.80. The number of rotatable bonds is 4. The van der Waals surface area contributed by atoms with Crippen LogP contribution in [0.15, 0.2) is 54.6 Å². The molecule has 1 saturated heterocycles. The molecule has 2 aromatic rings. The van der Waals surface area contributed by atoms with Gasteiger partial charge in [0.15, 0.2) is 0 Å². The first-order chi connectivity index (χ1) is 11.4. The van der Waals surface area contributed by atoms with E-state index in [0.29, 0.717) is 5.92 Å². The third-order valence-electron chi connectivity index (χ3n) is 5.42. The minimum atomic E-state index is 0.208. The molecule has 0 radical (unpaired) electrons. The Hall–Kier alpha value is -2.09. The standard InChI is InChI=1S/C21H23NO/c23-15-22-13-12-18(14-21(22)17-6-2-1-3-7-17)20-9-5-4-8-19(20)16-10-11-16/h1-9,15-16,18,21H,10-14H2. The van der Waals surface area contributed by atoms with Crippen LogP contribution in [-0.2, 0) is 4.79 Å². The van der Waals surface area contributed by atoms with Crippen molar-refractivity contribution in [2.45, 2.75) is 43.6 Å². The molecule has 2 fully saturated rings. The van der Waals surface area contributed by atoms with Gasteiger partial charge in [0.1, 0.15) is 0 Å². The molecular weight excluding hydrogens is 282 g/mol. The van der Waals surface area contributed by atoms with Crippen LogP contribution in [0.5, 0.6) is 0 Å². The second-order valence-electron chi connectivity index (χ2n) is 6.89. The number of benzene rings is 2. The van der Waals surface area contributed by atoms with Crippen molar-refractivity contribution >= 4 is 6.41 Å². The monoisotopic (exact) mass is 305 g/mol. The summed E-state index contributed by atoms with van der Waals surface area (Å²) < 4.78 is 0. The molecule has 1 amide bonds. The van der Waals surface area contributed by atoms with Gasteiger partial charge in [0.05, 0.1) is 6.04 Å². The lowest BCUT2D eigenvalue weighted by Gasteiger charge is -2.38. The van der Waals surface area contributed by atoms with Gasteiger partial charge in [-0.15, -0.1) is 0 Å².